The highest BCUT2D eigenvalue weighted by molar-refractivity contribution is 5.72. The highest BCUT2D eigenvalue weighted by atomic mass is 16.7. The minimum absolute atomic E-state index is 0.0591. The Morgan fingerprint density at radius 3 is 1.10 bits per heavy atom. The number of hydrogen-bond acceptors (Lipinski definition) is 7. The summed E-state index contributed by atoms with van der Waals surface area (Å²) in [6.45, 7) is 4.49. The molecule has 2 atom stereocenters. The van der Waals surface area contributed by atoms with E-state index in [9.17, 15) is 19.5 Å². The summed E-state index contributed by atoms with van der Waals surface area (Å²) in [6.07, 6.45) is 83.3. The van der Waals surface area contributed by atoms with Crippen molar-refractivity contribution >= 4 is 17.9 Å². The normalized spacial score (nSPS) is 14.0. The third kappa shape index (κ3) is 58.2. The summed E-state index contributed by atoms with van der Waals surface area (Å²) in [5.74, 6) is -2.20. The molecule has 430 valence electrons. The lowest BCUT2D eigenvalue weighted by Gasteiger charge is -2.25. The Morgan fingerprint density at radius 1 is 0.403 bits per heavy atom. The summed E-state index contributed by atoms with van der Waals surface area (Å²) < 4.78 is 22.7. The summed E-state index contributed by atoms with van der Waals surface area (Å²) in [5.41, 5.74) is 0. The van der Waals surface area contributed by atoms with Gasteiger partial charge < -0.3 is 28.5 Å². The number of aliphatic carboxylic acids is 1. The van der Waals surface area contributed by atoms with E-state index in [2.05, 4.69) is 166 Å². The molecule has 0 amide bonds. The van der Waals surface area contributed by atoms with Gasteiger partial charge >= 0.3 is 17.9 Å². The van der Waals surface area contributed by atoms with Crippen molar-refractivity contribution in [1.82, 2.24) is 0 Å². The van der Waals surface area contributed by atoms with Crippen LogP contribution in [0.15, 0.2) is 170 Å². The number of carboxylic acid groups (broad SMARTS) is 1. The van der Waals surface area contributed by atoms with E-state index in [1.165, 1.54) is 32.1 Å². The van der Waals surface area contributed by atoms with Crippen LogP contribution >= 0.6 is 0 Å². The summed E-state index contributed by atoms with van der Waals surface area (Å²) in [5, 5.41) is 9.68. The molecule has 0 heterocycles. The first-order valence-electron chi connectivity index (χ1n) is 29.3. The fourth-order valence-corrected chi connectivity index (χ4v) is 7.08. The number of carbonyl (C=O) groups excluding carboxylic acids is 2. The predicted molar refractivity (Wildman–Crippen MR) is 326 cm³/mol. The van der Waals surface area contributed by atoms with E-state index in [-0.39, 0.29) is 32.7 Å². The standard InChI is InChI=1S/C68H105NO8/c1-6-8-10-12-14-16-18-20-22-23-24-25-26-27-28-29-30-31-32-33-34-35-36-37-38-39-40-41-42-43-45-47-49-51-53-55-57-59-66(71)77-64(63-76-68(67(72)73)74-61-60-69(3,4)5)62-75-65(70)58-56-54-52-50-48-46-44-21-19-17-15-13-11-9-7-2/h8-11,14-17,20-22,24-25,27-28,30-31,33-34,36-37,39-40,44,48,50,54,56,64,68H,6-7,12-13,18-19,23,26,29,32,35,38,41-43,45-47,49,51-53,55,57-63H2,1-5H3/p+1/b10-8-,11-9-,16-14-,17-15-,22-20-,25-24-,28-27-,31-30-,34-33-,37-36-,40-39-,44-21-,50-48-,56-54-. The van der Waals surface area contributed by atoms with Gasteiger partial charge in [-0.1, -0.05) is 229 Å². The van der Waals surface area contributed by atoms with E-state index >= 15 is 0 Å². The van der Waals surface area contributed by atoms with Gasteiger partial charge in [0, 0.05) is 6.42 Å². The number of nitrogens with zero attached hydrogens (tertiary/aromatic N) is 1. The van der Waals surface area contributed by atoms with Crippen LogP contribution < -0.4 is 0 Å². The number of esters is 2. The van der Waals surface area contributed by atoms with E-state index in [1.807, 2.05) is 33.3 Å². The van der Waals surface area contributed by atoms with Crippen molar-refractivity contribution in [2.75, 3.05) is 47.5 Å². The molecule has 0 aromatic carbocycles. The minimum Gasteiger partial charge on any atom is -0.477 e. The van der Waals surface area contributed by atoms with Gasteiger partial charge in [0.25, 0.3) is 6.29 Å². The molecular weight excluding hydrogens is 959 g/mol. The Labute approximate surface area is 469 Å². The molecule has 0 saturated heterocycles. The number of carboxylic acids is 1. The van der Waals surface area contributed by atoms with Crippen molar-refractivity contribution in [3.05, 3.63) is 170 Å². The Kier molecular flexibility index (Phi) is 52.9. The second kappa shape index (κ2) is 56.8. The first-order valence-corrected chi connectivity index (χ1v) is 29.3. The first kappa shape index (κ1) is 71.7. The second-order valence-electron chi connectivity index (χ2n) is 19.9. The number of quaternary nitrogens is 1. The minimum atomic E-state index is -1.54. The highest BCUT2D eigenvalue weighted by Crippen LogP contribution is 2.13. The third-order valence-corrected chi connectivity index (χ3v) is 11.5. The fraction of sp³-hybridized carbons (Fsp3) is 0.544. The van der Waals surface area contributed by atoms with E-state index < -0.39 is 30.3 Å². The van der Waals surface area contributed by atoms with Crippen LogP contribution in [0.2, 0.25) is 0 Å². The van der Waals surface area contributed by atoms with Crippen LogP contribution in [0.1, 0.15) is 181 Å². The molecule has 0 saturated carbocycles. The first-order chi connectivity index (χ1) is 37.6. The molecule has 0 aliphatic carbocycles. The number of likely N-dealkylation sites (N-methyl/N-ethyl adjacent to an activating group) is 1. The van der Waals surface area contributed by atoms with Crippen molar-refractivity contribution in [2.24, 2.45) is 0 Å². The lowest BCUT2D eigenvalue weighted by Crippen LogP contribution is -2.40. The number of allylic oxidation sites excluding steroid dienone is 27. The van der Waals surface area contributed by atoms with E-state index in [0.717, 1.165) is 109 Å². The molecule has 0 rings (SSSR count). The molecular formula is C68H106NO8+. The quantitative estimate of drug-likeness (QED) is 0.0211. The Morgan fingerprint density at radius 2 is 0.740 bits per heavy atom. The van der Waals surface area contributed by atoms with Crippen LogP contribution in [-0.4, -0.2) is 87.4 Å². The maximum Gasteiger partial charge on any atom is 0.361 e. The molecule has 0 bridgehead atoms. The number of hydrogen-bond donors (Lipinski definition) is 1. The monoisotopic (exact) mass is 1060 g/mol. The average molecular weight is 1070 g/mol. The number of unbranched alkanes of at least 4 members (excludes halogenated alkanes) is 9. The van der Waals surface area contributed by atoms with Crippen molar-refractivity contribution in [2.45, 2.75) is 193 Å². The lowest BCUT2D eigenvalue weighted by atomic mass is 10.1. The second-order valence-corrected chi connectivity index (χ2v) is 19.9. The molecule has 77 heavy (non-hydrogen) atoms. The van der Waals surface area contributed by atoms with E-state index in [1.54, 1.807) is 6.08 Å². The van der Waals surface area contributed by atoms with E-state index in [0.29, 0.717) is 23.9 Å². The van der Waals surface area contributed by atoms with Crippen molar-refractivity contribution < 1.29 is 42.9 Å². The molecule has 0 aliphatic heterocycles. The predicted octanol–water partition coefficient (Wildman–Crippen LogP) is 17.6. The number of ether oxygens (including phenoxy) is 4. The number of rotatable bonds is 51. The van der Waals surface area contributed by atoms with Gasteiger partial charge in [-0.25, -0.2) is 4.79 Å². The molecule has 1 N–H and O–H groups in total. The summed E-state index contributed by atoms with van der Waals surface area (Å²) in [7, 11) is 5.92. The molecule has 0 radical (unpaired) electrons. The van der Waals surface area contributed by atoms with E-state index in [4.69, 9.17) is 18.9 Å². The van der Waals surface area contributed by atoms with Crippen molar-refractivity contribution in [3.8, 4) is 0 Å². The molecule has 0 aromatic rings. The van der Waals surface area contributed by atoms with Gasteiger partial charge in [0.2, 0.25) is 0 Å². The third-order valence-electron chi connectivity index (χ3n) is 11.5. The summed E-state index contributed by atoms with van der Waals surface area (Å²) >= 11 is 0. The lowest BCUT2D eigenvalue weighted by molar-refractivity contribution is -0.870. The van der Waals surface area contributed by atoms with Gasteiger partial charge in [-0.15, -0.1) is 0 Å². The van der Waals surface area contributed by atoms with Crippen LogP contribution in [0.5, 0.6) is 0 Å². The largest absolute Gasteiger partial charge is 0.477 e. The van der Waals surface area contributed by atoms with Gasteiger partial charge in [-0.2, -0.15) is 0 Å². The van der Waals surface area contributed by atoms with Gasteiger partial charge in [0.15, 0.2) is 6.10 Å². The van der Waals surface area contributed by atoms with Crippen LogP contribution in [0.25, 0.3) is 0 Å². The SMILES string of the molecule is CC/C=C\C/C=C\C/C=C\C/C=C\C/C=C\C/C=C\C/C=C\C/C=C\C/C=C\CCCCCCCCCCCC(=O)OC(COC(=O)C/C=C\C/C=C\C/C=C\C/C=C\C/C=C\CC)COC(OCC[N+](C)(C)C)C(=O)O. The van der Waals surface area contributed by atoms with Crippen LogP contribution in [-0.2, 0) is 33.3 Å². The average Bonchev–Trinajstić information content (AvgIpc) is 3.40. The molecule has 9 nitrogen and oxygen atoms in total. The summed E-state index contributed by atoms with van der Waals surface area (Å²) in [6, 6.07) is 0. The zero-order valence-corrected chi connectivity index (χ0v) is 48.8. The fourth-order valence-electron chi connectivity index (χ4n) is 7.08. The van der Waals surface area contributed by atoms with Crippen LogP contribution in [0, 0.1) is 0 Å². The molecule has 0 aliphatic rings. The molecule has 0 aromatic heterocycles. The molecule has 0 fully saturated rings. The highest BCUT2D eigenvalue weighted by Gasteiger charge is 2.25. The molecule has 2 unspecified atom stereocenters. The van der Waals surface area contributed by atoms with Gasteiger partial charge in [0.05, 0.1) is 40.8 Å². The molecule has 0 spiro atoms. The summed E-state index contributed by atoms with van der Waals surface area (Å²) in [4.78, 5) is 37.3. The van der Waals surface area contributed by atoms with Gasteiger partial charge in [-0.05, 0) is 109 Å². The molecule has 9 heteroatoms. The Bertz CT molecular complexity index is 1860. The maximum atomic E-state index is 12.9. The number of carbonyl (C=O) groups is 3. The Balaban J connectivity index is 4.28. The van der Waals surface area contributed by atoms with Crippen LogP contribution in [0.4, 0.5) is 0 Å². The smallest absolute Gasteiger partial charge is 0.361 e. The van der Waals surface area contributed by atoms with Gasteiger partial charge in [0.1, 0.15) is 13.2 Å². The topological polar surface area (TPSA) is 108 Å². The van der Waals surface area contributed by atoms with Gasteiger partial charge in [-0.3, -0.25) is 9.59 Å². The van der Waals surface area contributed by atoms with Crippen molar-refractivity contribution in [1.29, 1.82) is 0 Å². The maximum absolute atomic E-state index is 12.9. The zero-order chi connectivity index (χ0) is 56.2. The van der Waals surface area contributed by atoms with Crippen molar-refractivity contribution in [3.63, 3.8) is 0 Å². The Hall–Kier alpha value is -5.35. The van der Waals surface area contributed by atoms with Crippen LogP contribution in [0.3, 0.4) is 0 Å². The zero-order valence-electron chi connectivity index (χ0n) is 48.8.